The molecule has 0 aliphatic heterocycles. The Labute approximate surface area is 319 Å². The second-order valence-corrected chi connectivity index (χ2v) is 16.0. The van der Waals surface area contributed by atoms with E-state index in [1.165, 1.54) is 65.3 Å². The van der Waals surface area contributed by atoms with Crippen molar-refractivity contribution in [1.82, 2.24) is 0 Å². The fraction of sp³-hybridized carbons (Fsp3) is 0.310. The molecule has 0 unspecified atom stereocenters. The molecule has 5 rings (SSSR count). The maximum Gasteiger partial charge on any atom is 4.00 e. The van der Waals surface area contributed by atoms with E-state index in [0.717, 1.165) is 44.9 Å². The van der Waals surface area contributed by atoms with E-state index >= 15 is 0 Å². The van der Waals surface area contributed by atoms with Gasteiger partial charge in [-0.15, -0.1) is 5.19 Å². The summed E-state index contributed by atoms with van der Waals surface area (Å²) < 4.78 is 0. The van der Waals surface area contributed by atoms with Crippen molar-refractivity contribution in [3.8, 4) is 0 Å². The number of rotatable bonds is 12. The maximum atomic E-state index is 2.57. The molecule has 0 spiro atoms. The van der Waals surface area contributed by atoms with E-state index in [1.807, 2.05) is 0 Å². The average Bonchev–Trinajstić information content (AvgIpc) is 3.53. The van der Waals surface area contributed by atoms with Crippen molar-refractivity contribution >= 4 is 28.8 Å². The van der Waals surface area contributed by atoms with E-state index in [4.69, 9.17) is 0 Å². The molecule has 0 aliphatic rings. The summed E-state index contributed by atoms with van der Waals surface area (Å²) in [5.74, 6) is 0. The monoisotopic (exact) mass is 734 g/mol. The van der Waals surface area contributed by atoms with Gasteiger partial charge in [-0.05, 0) is 71.9 Å². The third-order valence-electron chi connectivity index (χ3n) is 9.41. The summed E-state index contributed by atoms with van der Waals surface area (Å²) >= 11 is 0. The molecule has 0 saturated heterocycles. The van der Waals surface area contributed by atoms with E-state index in [-0.39, 0.29) is 58.9 Å². The summed E-state index contributed by atoms with van der Waals surface area (Å²) in [4.78, 5) is 0. The molecule has 0 atom stereocenters. The quantitative estimate of drug-likeness (QED) is 0.0856. The smallest absolute Gasteiger partial charge is 1.00 e. The summed E-state index contributed by atoms with van der Waals surface area (Å²) in [6, 6.07) is 41.2. The molecule has 47 heavy (non-hydrogen) atoms. The van der Waals surface area contributed by atoms with E-state index in [1.54, 1.807) is 0 Å². The third kappa shape index (κ3) is 9.39. The topological polar surface area (TPSA) is 0 Å². The van der Waals surface area contributed by atoms with Gasteiger partial charge in [0.15, 0.2) is 0 Å². The minimum atomic E-state index is -2.68. The van der Waals surface area contributed by atoms with Crippen molar-refractivity contribution in [3.05, 3.63) is 148 Å². The van der Waals surface area contributed by atoms with E-state index in [2.05, 4.69) is 145 Å². The summed E-state index contributed by atoms with van der Waals surface area (Å²) in [5, 5.41) is 6.11. The first-order valence-corrected chi connectivity index (χ1v) is 18.7. The molecule has 0 amide bonds. The van der Waals surface area contributed by atoms with Gasteiger partial charge in [-0.3, -0.25) is 0 Å². The van der Waals surface area contributed by atoms with Gasteiger partial charge in [-0.1, -0.05) is 154 Å². The number of halogens is 3. The van der Waals surface area contributed by atoms with Gasteiger partial charge in [0.2, 0.25) is 0 Å². The van der Waals surface area contributed by atoms with Gasteiger partial charge < -0.3 is 37.2 Å². The number of hydrogen-bond acceptors (Lipinski definition) is 0. The first-order chi connectivity index (χ1) is 21.0. The van der Waals surface area contributed by atoms with Crippen molar-refractivity contribution in [1.29, 1.82) is 0 Å². The SMILES string of the molecule is CCc1cc(CC)cc([Si](c2cc(CC)cc(CC)c2)(c2cc(CC)cc(CC)c2)[c-]2ccc(Cc3ccccc3)c2)c1.[Cl-].[Cl-].[Cl-].[Ti+4]. The second-order valence-electron chi connectivity index (χ2n) is 12.2. The second kappa shape index (κ2) is 19.9. The van der Waals surface area contributed by atoms with Crippen LogP contribution in [0.2, 0.25) is 0 Å². The number of hydrogen-bond donors (Lipinski definition) is 0. The van der Waals surface area contributed by atoms with Gasteiger partial charge in [0, 0.05) is 0 Å². The Hall–Kier alpha value is -1.97. The molecule has 0 fully saturated rings. The molecule has 0 N–H and O–H groups in total. The van der Waals surface area contributed by atoms with E-state index in [9.17, 15) is 0 Å². The van der Waals surface area contributed by atoms with Gasteiger partial charge in [-0.25, -0.2) is 6.07 Å². The van der Waals surface area contributed by atoms with Crippen LogP contribution in [0.25, 0.3) is 0 Å². The average molecular weight is 736 g/mol. The Morgan fingerprint density at radius 1 is 0.426 bits per heavy atom. The molecular weight excluding hydrogens is 687 g/mol. The van der Waals surface area contributed by atoms with Gasteiger partial charge in [0.05, 0.1) is 0 Å². The van der Waals surface area contributed by atoms with Crippen LogP contribution in [0.4, 0.5) is 0 Å². The Morgan fingerprint density at radius 3 is 1.09 bits per heavy atom. The van der Waals surface area contributed by atoms with Gasteiger partial charge >= 0.3 is 21.7 Å². The minimum Gasteiger partial charge on any atom is -1.00 e. The van der Waals surface area contributed by atoms with Crippen molar-refractivity contribution in [2.24, 2.45) is 0 Å². The first-order valence-electron chi connectivity index (χ1n) is 16.7. The van der Waals surface area contributed by atoms with Gasteiger partial charge in [-0.2, -0.15) is 17.7 Å². The van der Waals surface area contributed by atoms with Crippen LogP contribution in [0.15, 0.2) is 103 Å². The van der Waals surface area contributed by atoms with Crippen LogP contribution in [0.5, 0.6) is 0 Å². The fourth-order valence-corrected chi connectivity index (χ4v) is 12.0. The summed E-state index contributed by atoms with van der Waals surface area (Å²) in [6.45, 7) is 13.8. The Morgan fingerprint density at radius 2 is 0.766 bits per heavy atom. The summed E-state index contributed by atoms with van der Waals surface area (Å²) in [7, 11) is -2.68. The standard InChI is InChI=1S/C42H49Si.3ClH.Ti/c1-7-31-20-32(8-2)25-40(24-31)43(41-26-33(9-3)21-34(10-4)27-41,42-28-35(11-5)22-36(12-6)29-42)39-19-18-38(30-39)23-37-16-14-13-15-17-37;;;;/h13-22,24-30H,7-12,23H2,1-6H3;3*1H;/q-1;;;;+4/p-3. The molecule has 5 aromatic rings. The molecule has 0 saturated carbocycles. The molecule has 0 bridgehead atoms. The minimum absolute atomic E-state index is 0. The van der Waals surface area contributed by atoms with Crippen LogP contribution in [-0.2, 0) is 66.7 Å². The Kier molecular flexibility index (Phi) is 18.2. The molecule has 5 heteroatoms. The molecule has 0 radical (unpaired) electrons. The molecule has 246 valence electrons. The van der Waals surface area contributed by atoms with Crippen LogP contribution >= 0.6 is 0 Å². The fourth-order valence-electron chi connectivity index (χ4n) is 6.83. The molecule has 0 heterocycles. The summed E-state index contributed by atoms with van der Waals surface area (Å²) in [5.41, 5.74) is 11.5. The predicted molar refractivity (Wildman–Crippen MR) is 191 cm³/mol. The van der Waals surface area contributed by atoms with Crippen LogP contribution in [0.3, 0.4) is 0 Å². The third-order valence-corrected chi connectivity index (χ3v) is 14.0. The molecular formula is C42H49Cl3SiTi. The number of benzene rings is 4. The van der Waals surface area contributed by atoms with Crippen LogP contribution in [-0.4, -0.2) is 8.07 Å². The predicted octanol–water partition coefficient (Wildman–Crippen LogP) is -1.24. The maximum absolute atomic E-state index is 2.68. The van der Waals surface area contributed by atoms with E-state index < -0.39 is 8.07 Å². The van der Waals surface area contributed by atoms with E-state index in [0.29, 0.717) is 0 Å². The Bertz CT molecular complexity index is 1470. The zero-order chi connectivity index (χ0) is 30.4. The summed E-state index contributed by atoms with van der Waals surface area (Å²) in [6.07, 6.45) is 7.27. The van der Waals surface area contributed by atoms with Crippen LogP contribution in [0.1, 0.15) is 86.1 Å². The molecule has 0 aliphatic carbocycles. The van der Waals surface area contributed by atoms with Crippen molar-refractivity contribution in [3.63, 3.8) is 0 Å². The first kappa shape index (κ1) is 43.1. The van der Waals surface area contributed by atoms with Crippen molar-refractivity contribution in [2.45, 2.75) is 86.5 Å². The van der Waals surface area contributed by atoms with Gasteiger partial charge in [0.1, 0.15) is 8.07 Å². The van der Waals surface area contributed by atoms with Crippen LogP contribution < -0.4 is 58.0 Å². The van der Waals surface area contributed by atoms with Crippen molar-refractivity contribution in [2.75, 3.05) is 0 Å². The zero-order valence-corrected chi connectivity index (χ0v) is 33.7. The molecule has 5 aromatic carbocycles. The zero-order valence-electron chi connectivity index (χ0n) is 28.9. The van der Waals surface area contributed by atoms with Gasteiger partial charge in [0.25, 0.3) is 0 Å². The largest absolute Gasteiger partial charge is 4.00 e. The van der Waals surface area contributed by atoms with Crippen molar-refractivity contribution < 1.29 is 58.9 Å². The number of aryl methyl sites for hydroxylation is 6. The Balaban J connectivity index is 0.00000276. The molecule has 0 aromatic heterocycles. The molecule has 0 nitrogen and oxygen atoms in total. The van der Waals surface area contributed by atoms with Crippen LogP contribution in [0, 0.1) is 0 Å². The normalized spacial score (nSPS) is 10.7.